The predicted octanol–water partition coefficient (Wildman–Crippen LogP) is 14.1. The van der Waals surface area contributed by atoms with Crippen molar-refractivity contribution in [1.29, 1.82) is 0 Å². The number of rotatable bonds is 3. The van der Waals surface area contributed by atoms with Crippen molar-refractivity contribution < 1.29 is 11.0 Å². The molecule has 0 atom stereocenters. The molecule has 0 amide bonds. The number of hydrogen-bond acceptors (Lipinski definition) is 1. The Kier molecular flexibility index (Phi) is 4.82. The smallest absolute Gasteiger partial charge is 0.0726 e. The van der Waals surface area contributed by atoms with E-state index in [9.17, 15) is 5.48 Å². The van der Waals surface area contributed by atoms with Crippen molar-refractivity contribution in [2.24, 2.45) is 0 Å². The largest absolute Gasteiger partial charge is 0.310 e. The lowest BCUT2D eigenvalue weighted by molar-refractivity contribution is 0.660. The first-order valence-electron chi connectivity index (χ1n) is 23.4. The molecule has 4 aliphatic carbocycles. The Morgan fingerprint density at radius 2 is 0.821 bits per heavy atom. The van der Waals surface area contributed by atoms with E-state index < -0.39 is 29.6 Å². The van der Waals surface area contributed by atoms with Gasteiger partial charge in [-0.1, -0.05) is 173 Å². The van der Waals surface area contributed by atoms with Gasteiger partial charge in [-0.05, 0) is 114 Å². The van der Waals surface area contributed by atoms with E-state index in [1.165, 1.54) is 44.5 Å². The van der Waals surface area contributed by atoms with Gasteiger partial charge in [-0.25, -0.2) is 0 Å². The first-order chi connectivity index (χ1) is 30.6. The molecule has 0 heterocycles. The molecular formula is C55H41N. The molecule has 8 aromatic carbocycles. The Bertz CT molecular complexity index is 3280. The molecule has 12 rings (SSSR count). The van der Waals surface area contributed by atoms with Crippen molar-refractivity contribution in [3.8, 4) is 44.5 Å². The summed E-state index contributed by atoms with van der Waals surface area (Å²) in [6, 6.07) is 41.6. The molecule has 0 aliphatic heterocycles. The molecule has 1 spiro atoms. The van der Waals surface area contributed by atoms with Crippen molar-refractivity contribution >= 4 is 17.1 Å². The second-order valence-electron chi connectivity index (χ2n) is 16.6. The highest BCUT2D eigenvalue weighted by molar-refractivity contribution is 6.01. The average Bonchev–Trinajstić information content (AvgIpc) is 3.94. The van der Waals surface area contributed by atoms with E-state index in [0.29, 0.717) is 11.1 Å². The maximum atomic E-state index is 9.63. The molecule has 8 aromatic rings. The average molecular weight is 724 g/mol. The molecule has 0 saturated heterocycles. The van der Waals surface area contributed by atoms with Crippen molar-refractivity contribution in [2.75, 3.05) is 4.90 Å². The van der Waals surface area contributed by atoms with Gasteiger partial charge in [0.15, 0.2) is 0 Å². The fourth-order valence-electron chi connectivity index (χ4n) is 10.8. The molecule has 0 fully saturated rings. The highest BCUT2D eigenvalue weighted by atomic mass is 15.1. The summed E-state index contributed by atoms with van der Waals surface area (Å²) in [5, 5.41) is 0. The quantitative estimate of drug-likeness (QED) is 0.175. The Labute approximate surface area is 340 Å². The second kappa shape index (κ2) is 10.9. The van der Waals surface area contributed by atoms with Crippen LogP contribution in [0, 0.1) is 0 Å². The van der Waals surface area contributed by atoms with Crippen molar-refractivity contribution in [3.63, 3.8) is 0 Å². The van der Waals surface area contributed by atoms with Crippen LogP contribution in [0.4, 0.5) is 17.1 Å². The lowest BCUT2D eigenvalue weighted by Crippen LogP contribution is -2.26. The summed E-state index contributed by atoms with van der Waals surface area (Å²) < 4.78 is 73.5. The summed E-state index contributed by atoms with van der Waals surface area (Å²) in [6.45, 7) is 9.11. The SMILES string of the molecule is [2H]c1c([2H])c([2H])c2c(c1[2H])-c1c([2H])c([2H])c([2H])c([2H])c1C21c2ccccc2-c2c(N(c3ccc4c(c3)C(C)(C)c3ccccc3-4)c3ccc4c(c3)C(C)(C)c3ccccc3-4)cccc21. The molecule has 56 heavy (non-hydrogen) atoms. The minimum absolute atomic E-state index is 0.110. The molecule has 0 radical (unpaired) electrons. The van der Waals surface area contributed by atoms with Gasteiger partial charge in [-0.3, -0.25) is 0 Å². The Morgan fingerprint density at radius 3 is 1.38 bits per heavy atom. The standard InChI is InChI=1S/C55H41N/c1-53(2)43-21-10-5-16-36(43)40-30-28-34(32-49(40)53)56(35-29-31-41-37-17-6-11-22-44(37)54(3,4)50(41)33-35)51-27-15-26-48-52(51)42-20-9-14-25-47(42)55(48)45-23-12-7-18-38(45)39-19-8-13-24-46(39)55/h5-33H,1-4H3/i7D,8D,12D,13D,18D,19D,23D,24D. The number of hydrogen-bond donors (Lipinski definition) is 0. The fraction of sp³-hybridized carbons (Fsp3) is 0.127. The lowest BCUT2D eigenvalue weighted by atomic mass is 9.70. The maximum absolute atomic E-state index is 9.63. The third kappa shape index (κ3) is 3.81. The number of benzene rings is 8. The monoisotopic (exact) mass is 723 g/mol. The molecule has 4 aliphatic rings. The topological polar surface area (TPSA) is 3.24 Å². The minimum Gasteiger partial charge on any atom is -0.310 e. The summed E-state index contributed by atoms with van der Waals surface area (Å²) >= 11 is 0. The van der Waals surface area contributed by atoms with E-state index in [4.69, 9.17) is 5.48 Å². The molecule has 266 valence electrons. The van der Waals surface area contributed by atoms with Crippen molar-refractivity contribution in [2.45, 2.75) is 43.9 Å². The van der Waals surface area contributed by atoms with Gasteiger partial charge < -0.3 is 4.90 Å². The molecule has 0 bridgehead atoms. The molecule has 0 aromatic heterocycles. The molecule has 0 unspecified atom stereocenters. The Hall–Kier alpha value is -6.44. The second-order valence-corrected chi connectivity index (χ2v) is 16.6. The number of anilines is 3. The van der Waals surface area contributed by atoms with Crippen LogP contribution < -0.4 is 4.90 Å². The lowest BCUT2D eigenvalue weighted by Gasteiger charge is -2.33. The summed E-state index contributed by atoms with van der Waals surface area (Å²) in [5.41, 5.74) is 14.2. The van der Waals surface area contributed by atoms with E-state index in [2.05, 4.69) is 124 Å². The van der Waals surface area contributed by atoms with Crippen LogP contribution in [0.2, 0.25) is 0 Å². The van der Waals surface area contributed by atoms with Gasteiger partial charge in [0.05, 0.1) is 22.1 Å². The van der Waals surface area contributed by atoms with Gasteiger partial charge >= 0.3 is 0 Å². The molecular weight excluding hydrogens is 675 g/mol. The van der Waals surface area contributed by atoms with Crippen LogP contribution in [0.25, 0.3) is 44.5 Å². The summed E-state index contributed by atoms with van der Waals surface area (Å²) in [6.07, 6.45) is 0. The van der Waals surface area contributed by atoms with Crippen LogP contribution in [0.5, 0.6) is 0 Å². The highest BCUT2D eigenvalue weighted by Gasteiger charge is 2.52. The van der Waals surface area contributed by atoms with E-state index in [1.54, 1.807) is 0 Å². The van der Waals surface area contributed by atoms with Crippen molar-refractivity contribution in [3.05, 3.63) is 220 Å². The van der Waals surface area contributed by atoms with E-state index in [1.807, 2.05) is 36.4 Å². The highest BCUT2D eigenvalue weighted by Crippen LogP contribution is 2.65. The summed E-state index contributed by atoms with van der Waals surface area (Å²) in [7, 11) is 0. The van der Waals surface area contributed by atoms with Crippen LogP contribution in [0.15, 0.2) is 176 Å². The summed E-state index contributed by atoms with van der Waals surface area (Å²) in [5.74, 6) is 0. The Morgan fingerprint density at radius 1 is 0.375 bits per heavy atom. The van der Waals surface area contributed by atoms with E-state index >= 15 is 0 Å². The normalized spacial score (nSPS) is 17.9. The maximum Gasteiger partial charge on any atom is 0.0726 e. The van der Waals surface area contributed by atoms with Gasteiger partial charge in [0.25, 0.3) is 0 Å². The zero-order valence-electron chi connectivity index (χ0n) is 39.6. The molecule has 1 heteroatoms. The van der Waals surface area contributed by atoms with Gasteiger partial charge in [-0.2, -0.15) is 0 Å². The van der Waals surface area contributed by atoms with Crippen molar-refractivity contribution in [1.82, 2.24) is 0 Å². The molecule has 0 N–H and O–H groups in total. The van der Waals surface area contributed by atoms with E-state index in [-0.39, 0.29) is 57.3 Å². The van der Waals surface area contributed by atoms with Gasteiger partial charge in [0, 0.05) is 27.8 Å². The molecule has 0 saturated carbocycles. The predicted molar refractivity (Wildman–Crippen MR) is 233 cm³/mol. The number of fused-ring (bicyclic) bond motifs is 16. The zero-order valence-corrected chi connectivity index (χ0v) is 31.6. The van der Waals surface area contributed by atoms with Gasteiger partial charge in [0.1, 0.15) is 0 Å². The third-order valence-corrected chi connectivity index (χ3v) is 13.3. The fourth-order valence-corrected chi connectivity index (χ4v) is 10.8. The minimum atomic E-state index is -1.51. The van der Waals surface area contributed by atoms with Gasteiger partial charge in [-0.15, -0.1) is 0 Å². The van der Waals surface area contributed by atoms with Crippen LogP contribution >= 0.6 is 0 Å². The van der Waals surface area contributed by atoms with Crippen LogP contribution in [-0.2, 0) is 16.2 Å². The molecule has 1 nitrogen and oxygen atoms in total. The Balaban J connectivity index is 1.20. The first-order valence-corrected chi connectivity index (χ1v) is 19.4. The van der Waals surface area contributed by atoms with Crippen LogP contribution in [-0.4, -0.2) is 0 Å². The van der Waals surface area contributed by atoms with Crippen LogP contribution in [0.1, 0.15) is 83.2 Å². The third-order valence-electron chi connectivity index (χ3n) is 13.3. The zero-order chi connectivity index (χ0) is 44.5. The first kappa shape index (κ1) is 24.9. The van der Waals surface area contributed by atoms with Crippen LogP contribution in [0.3, 0.4) is 0 Å². The van der Waals surface area contributed by atoms with E-state index in [0.717, 1.165) is 28.2 Å². The van der Waals surface area contributed by atoms with Gasteiger partial charge in [0.2, 0.25) is 0 Å². The number of nitrogens with zero attached hydrogens (tertiary/aromatic N) is 1. The summed E-state index contributed by atoms with van der Waals surface area (Å²) in [4.78, 5) is 2.31.